The first-order chi connectivity index (χ1) is 9.72. The number of likely N-dealkylation sites (tertiary alicyclic amines) is 1. The highest BCUT2D eigenvalue weighted by atomic mass is 16.2. The molecule has 0 unspecified atom stereocenters. The second-order valence-corrected chi connectivity index (χ2v) is 5.75. The zero-order valence-electron chi connectivity index (χ0n) is 11.5. The third-order valence-corrected chi connectivity index (χ3v) is 4.57. The number of aromatic nitrogens is 1. The summed E-state index contributed by atoms with van der Waals surface area (Å²) in [6.45, 7) is 3.48. The van der Waals surface area contributed by atoms with E-state index < -0.39 is 0 Å². The van der Waals surface area contributed by atoms with Crippen LogP contribution in [0, 0.1) is 0 Å². The standard InChI is InChI=1S/C16H17N3O/c1-11(20)18-9-15-7-14(18)10-19(15)13-5-4-12-3-2-6-17-16(12)8-13/h2-6,8,14-15H,7,9-10H2,1H3/t14-,15-/m0/s1. The Morgan fingerprint density at radius 3 is 2.90 bits per heavy atom. The molecular formula is C16H17N3O. The summed E-state index contributed by atoms with van der Waals surface area (Å²) in [4.78, 5) is 20.4. The van der Waals surface area contributed by atoms with E-state index in [0.29, 0.717) is 12.1 Å². The number of rotatable bonds is 1. The predicted octanol–water partition coefficient (Wildman–Crippen LogP) is 2.04. The van der Waals surface area contributed by atoms with E-state index in [1.807, 2.05) is 17.2 Å². The molecule has 2 bridgehead atoms. The van der Waals surface area contributed by atoms with Crippen LogP contribution in [-0.2, 0) is 4.79 Å². The molecule has 1 aromatic heterocycles. The highest BCUT2D eigenvalue weighted by Crippen LogP contribution is 2.35. The highest BCUT2D eigenvalue weighted by Gasteiger charge is 2.44. The fourth-order valence-electron chi connectivity index (χ4n) is 3.60. The quantitative estimate of drug-likeness (QED) is 0.793. The van der Waals surface area contributed by atoms with Gasteiger partial charge in [0, 0.05) is 43.3 Å². The second kappa shape index (κ2) is 4.20. The molecule has 0 saturated carbocycles. The topological polar surface area (TPSA) is 36.4 Å². The number of hydrogen-bond donors (Lipinski definition) is 0. The van der Waals surface area contributed by atoms with Crippen LogP contribution < -0.4 is 4.90 Å². The summed E-state index contributed by atoms with van der Waals surface area (Å²) in [6, 6.07) is 11.4. The lowest BCUT2D eigenvalue weighted by atomic mass is 10.1. The molecule has 0 aliphatic carbocycles. The maximum Gasteiger partial charge on any atom is 0.219 e. The van der Waals surface area contributed by atoms with E-state index in [2.05, 4.69) is 34.1 Å². The van der Waals surface area contributed by atoms with Gasteiger partial charge in [-0.2, -0.15) is 0 Å². The minimum atomic E-state index is 0.206. The molecule has 1 aromatic carbocycles. The summed E-state index contributed by atoms with van der Waals surface area (Å²) in [6.07, 6.45) is 2.93. The lowest BCUT2D eigenvalue weighted by Crippen LogP contribution is -2.48. The van der Waals surface area contributed by atoms with Crippen molar-refractivity contribution < 1.29 is 4.79 Å². The zero-order valence-corrected chi connectivity index (χ0v) is 11.5. The maximum atomic E-state index is 11.6. The van der Waals surface area contributed by atoms with Crippen LogP contribution in [0.1, 0.15) is 13.3 Å². The first kappa shape index (κ1) is 11.7. The van der Waals surface area contributed by atoms with E-state index in [1.54, 1.807) is 6.92 Å². The fourth-order valence-corrected chi connectivity index (χ4v) is 3.60. The second-order valence-electron chi connectivity index (χ2n) is 5.75. The van der Waals surface area contributed by atoms with Gasteiger partial charge in [-0.3, -0.25) is 9.78 Å². The van der Waals surface area contributed by atoms with Gasteiger partial charge in [-0.05, 0) is 24.6 Å². The Kier molecular flexibility index (Phi) is 2.46. The van der Waals surface area contributed by atoms with Crippen LogP contribution >= 0.6 is 0 Å². The zero-order chi connectivity index (χ0) is 13.7. The van der Waals surface area contributed by atoms with Gasteiger partial charge in [-0.25, -0.2) is 0 Å². The van der Waals surface area contributed by atoms with Crippen LogP contribution in [0.25, 0.3) is 10.9 Å². The highest BCUT2D eigenvalue weighted by molar-refractivity contribution is 5.82. The number of carbonyl (C=O) groups excluding carboxylic acids is 1. The number of nitrogens with zero attached hydrogens (tertiary/aromatic N) is 3. The number of amides is 1. The first-order valence-electron chi connectivity index (χ1n) is 7.11. The van der Waals surface area contributed by atoms with Crippen molar-refractivity contribution in [3.05, 3.63) is 36.5 Å². The molecule has 3 heterocycles. The van der Waals surface area contributed by atoms with E-state index in [0.717, 1.165) is 25.0 Å². The maximum absolute atomic E-state index is 11.6. The van der Waals surface area contributed by atoms with E-state index in [4.69, 9.17) is 0 Å². The van der Waals surface area contributed by atoms with Crippen molar-refractivity contribution in [1.29, 1.82) is 0 Å². The Morgan fingerprint density at radius 2 is 2.15 bits per heavy atom. The number of pyridine rings is 1. The SMILES string of the molecule is CC(=O)N1C[C@@H]2C[C@H]1CN2c1ccc2cccnc2c1. The van der Waals surface area contributed by atoms with Gasteiger partial charge >= 0.3 is 0 Å². The Balaban J connectivity index is 1.64. The Labute approximate surface area is 118 Å². The first-order valence-corrected chi connectivity index (χ1v) is 7.11. The van der Waals surface area contributed by atoms with Crippen molar-refractivity contribution in [2.75, 3.05) is 18.0 Å². The van der Waals surface area contributed by atoms with E-state index in [1.165, 1.54) is 11.1 Å². The average molecular weight is 267 g/mol. The molecule has 4 rings (SSSR count). The van der Waals surface area contributed by atoms with Crippen LogP contribution in [0.2, 0.25) is 0 Å². The molecule has 0 spiro atoms. The molecule has 0 radical (unpaired) electrons. The third-order valence-electron chi connectivity index (χ3n) is 4.57. The van der Waals surface area contributed by atoms with Gasteiger partial charge in [0.25, 0.3) is 0 Å². The molecule has 2 saturated heterocycles. The lowest BCUT2D eigenvalue weighted by Gasteiger charge is -2.35. The van der Waals surface area contributed by atoms with Crippen molar-refractivity contribution in [3.8, 4) is 0 Å². The largest absolute Gasteiger partial charge is 0.365 e. The number of piperazine rings is 1. The summed E-state index contributed by atoms with van der Waals surface area (Å²) in [5.41, 5.74) is 2.27. The van der Waals surface area contributed by atoms with Gasteiger partial charge in [0.05, 0.1) is 11.6 Å². The number of carbonyl (C=O) groups is 1. The van der Waals surface area contributed by atoms with Crippen molar-refractivity contribution in [2.24, 2.45) is 0 Å². The fraction of sp³-hybridized carbons (Fsp3) is 0.375. The lowest BCUT2D eigenvalue weighted by molar-refractivity contribution is -0.129. The minimum absolute atomic E-state index is 0.206. The average Bonchev–Trinajstić information content (AvgIpc) is 3.07. The molecule has 1 amide bonds. The van der Waals surface area contributed by atoms with Gasteiger partial charge in [-0.1, -0.05) is 12.1 Å². The minimum Gasteiger partial charge on any atom is -0.365 e. The van der Waals surface area contributed by atoms with E-state index in [9.17, 15) is 4.79 Å². The number of benzene rings is 1. The molecule has 2 atom stereocenters. The smallest absolute Gasteiger partial charge is 0.219 e. The van der Waals surface area contributed by atoms with E-state index in [-0.39, 0.29) is 5.91 Å². The van der Waals surface area contributed by atoms with Crippen LogP contribution in [0.3, 0.4) is 0 Å². The summed E-state index contributed by atoms with van der Waals surface area (Å²) in [5.74, 6) is 0.206. The number of fused-ring (bicyclic) bond motifs is 3. The van der Waals surface area contributed by atoms with Crippen molar-refractivity contribution in [3.63, 3.8) is 0 Å². The molecule has 2 aliphatic rings. The molecule has 4 nitrogen and oxygen atoms in total. The Hall–Kier alpha value is -2.10. The van der Waals surface area contributed by atoms with Crippen molar-refractivity contribution >= 4 is 22.5 Å². The van der Waals surface area contributed by atoms with Gasteiger partial charge in [-0.15, -0.1) is 0 Å². The number of hydrogen-bond acceptors (Lipinski definition) is 3. The normalized spacial score (nSPS) is 24.6. The van der Waals surface area contributed by atoms with E-state index >= 15 is 0 Å². The molecule has 2 aliphatic heterocycles. The molecule has 102 valence electrons. The molecule has 4 heteroatoms. The number of anilines is 1. The summed E-state index contributed by atoms with van der Waals surface area (Å²) >= 11 is 0. The van der Waals surface area contributed by atoms with Gasteiger partial charge in [0.1, 0.15) is 0 Å². The summed E-state index contributed by atoms with van der Waals surface area (Å²) < 4.78 is 0. The van der Waals surface area contributed by atoms with Crippen LogP contribution in [0.15, 0.2) is 36.5 Å². The molecule has 0 N–H and O–H groups in total. The molecular weight excluding hydrogens is 250 g/mol. The Morgan fingerprint density at radius 1 is 1.25 bits per heavy atom. The summed E-state index contributed by atoms with van der Waals surface area (Å²) in [5, 5.41) is 1.17. The van der Waals surface area contributed by atoms with Crippen molar-refractivity contribution in [1.82, 2.24) is 9.88 Å². The predicted molar refractivity (Wildman–Crippen MR) is 78.7 cm³/mol. The molecule has 2 aromatic rings. The molecule has 20 heavy (non-hydrogen) atoms. The van der Waals surface area contributed by atoms with Gasteiger partial charge in [0.2, 0.25) is 5.91 Å². The molecule has 2 fully saturated rings. The Bertz CT molecular complexity index is 684. The van der Waals surface area contributed by atoms with Crippen LogP contribution in [0.4, 0.5) is 5.69 Å². The van der Waals surface area contributed by atoms with Gasteiger partial charge < -0.3 is 9.80 Å². The van der Waals surface area contributed by atoms with Crippen LogP contribution in [0.5, 0.6) is 0 Å². The third kappa shape index (κ3) is 1.68. The van der Waals surface area contributed by atoms with Gasteiger partial charge in [0.15, 0.2) is 0 Å². The van der Waals surface area contributed by atoms with Crippen LogP contribution in [-0.4, -0.2) is 41.0 Å². The summed E-state index contributed by atoms with van der Waals surface area (Å²) in [7, 11) is 0. The van der Waals surface area contributed by atoms with Crippen molar-refractivity contribution in [2.45, 2.75) is 25.4 Å². The monoisotopic (exact) mass is 267 g/mol.